The molecule has 0 aromatic heterocycles. The summed E-state index contributed by atoms with van der Waals surface area (Å²) < 4.78 is 11.7. The van der Waals surface area contributed by atoms with Crippen LogP contribution in [0.4, 0.5) is 10.5 Å². The van der Waals surface area contributed by atoms with Gasteiger partial charge in [-0.2, -0.15) is 0 Å². The molecule has 158 valence electrons. The summed E-state index contributed by atoms with van der Waals surface area (Å²) in [6.07, 6.45) is 1.38. The maximum Gasteiger partial charge on any atom is 0.321 e. The van der Waals surface area contributed by atoms with Gasteiger partial charge in [0.05, 0.1) is 12.5 Å². The highest BCUT2D eigenvalue weighted by molar-refractivity contribution is 5.90. The Balaban J connectivity index is 1.31. The molecule has 2 aromatic rings. The van der Waals surface area contributed by atoms with E-state index in [9.17, 15) is 9.59 Å². The first-order valence-corrected chi connectivity index (χ1v) is 10.3. The Bertz CT molecular complexity index is 889. The molecule has 0 spiro atoms. The predicted octanol–water partition coefficient (Wildman–Crippen LogP) is 3.23. The van der Waals surface area contributed by atoms with Crippen LogP contribution >= 0.6 is 0 Å². The van der Waals surface area contributed by atoms with E-state index in [0.717, 1.165) is 24.3 Å². The summed E-state index contributed by atoms with van der Waals surface area (Å²) in [7, 11) is 1.79. The van der Waals surface area contributed by atoms with Gasteiger partial charge in [-0.3, -0.25) is 4.79 Å². The molecule has 1 fully saturated rings. The largest absolute Gasteiger partial charge is 0.486 e. The molecule has 7 nitrogen and oxygen atoms in total. The van der Waals surface area contributed by atoms with Crippen molar-refractivity contribution in [2.24, 2.45) is 5.92 Å². The number of ether oxygens (including phenoxy) is 2. The van der Waals surface area contributed by atoms with Crippen molar-refractivity contribution in [3.05, 3.63) is 54.6 Å². The number of hydrogen-bond donors (Lipinski definition) is 1. The minimum atomic E-state index is -0.213. The van der Waals surface area contributed by atoms with Crippen LogP contribution in [0.1, 0.15) is 12.8 Å². The Hall–Kier alpha value is -3.22. The molecule has 7 heteroatoms. The number of carbonyl (C=O) groups is 2. The Kier molecular flexibility index (Phi) is 6.07. The number of piperidine rings is 1. The lowest BCUT2D eigenvalue weighted by molar-refractivity contribution is -0.137. The fourth-order valence-corrected chi connectivity index (χ4v) is 3.95. The Morgan fingerprint density at radius 2 is 1.83 bits per heavy atom. The van der Waals surface area contributed by atoms with Crippen molar-refractivity contribution >= 4 is 17.6 Å². The van der Waals surface area contributed by atoms with E-state index in [0.29, 0.717) is 32.0 Å². The molecule has 1 N–H and O–H groups in total. The zero-order chi connectivity index (χ0) is 20.9. The normalized spacial score (nSPS) is 20.4. The van der Waals surface area contributed by atoms with E-state index in [1.54, 1.807) is 16.8 Å². The van der Waals surface area contributed by atoms with E-state index in [1.807, 2.05) is 54.6 Å². The number of urea groups is 1. The molecular weight excluding hydrogens is 382 g/mol. The summed E-state index contributed by atoms with van der Waals surface area (Å²) in [4.78, 5) is 29.0. The Morgan fingerprint density at radius 1 is 1.10 bits per heavy atom. The highest BCUT2D eigenvalue weighted by Crippen LogP contribution is 2.31. The highest BCUT2D eigenvalue weighted by Gasteiger charge is 2.32. The second-order valence-corrected chi connectivity index (χ2v) is 7.80. The van der Waals surface area contributed by atoms with Crippen LogP contribution in [-0.4, -0.2) is 61.1 Å². The van der Waals surface area contributed by atoms with Gasteiger partial charge < -0.3 is 24.6 Å². The number of hydrogen-bond acceptors (Lipinski definition) is 4. The third-order valence-electron chi connectivity index (χ3n) is 5.50. The molecular formula is C23H27N3O4. The number of carbonyl (C=O) groups excluding carboxylic acids is 2. The summed E-state index contributed by atoms with van der Waals surface area (Å²) in [6.45, 7) is 1.93. The van der Waals surface area contributed by atoms with E-state index in [4.69, 9.17) is 9.47 Å². The van der Waals surface area contributed by atoms with Crippen LogP contribution in [0.25, 0.3) is 0 Å². The molecule has 2 unspecified atom stereocenters. The minimum Gasteiger partial charge on any atom is -0.486 e. The average Bonchev–Trinajstić information content (AvgIpc) is 2.79. The zero-order valence-electron chi connectivity index (χ0n) is 17.1. The average molecular weight is 409 g/mol. The van der Waals surface area contributed by atoms with Gasteiger partial charge in [0.25, 0.3) is 0 Å². The quantitative estimate of drug-likeness (QED) is 0.842. The van der Waals surface area contributed by atoms with E-state index in [-0.39, 0.29) is 24.0 Å². The van der Waals surface area contributed by atoms with Crippen LogP contribution in [0.5, 0.6) is 11.5 Å². The molecule has 2 aliphatic heterocycles. The highest BCUT2D eigenvalue weighted by atomic mass is 16.6. The van der Waals surface area contributed by atoms with Crippen molar-refractivity contribution in [3.8, 4) is 11.5 Å². The number of nitrogens with zero attached hydrogens (tertiary/aromatic N) is 2. The Morgan fingerprint density at radius 3 is 2.63 bits per heavy atom. The van der Waals surface area contributed by atoms with Crippen molar-refractivity contribution in [2.75, 3.05) is 38.6 Å². The van der Waals surface area contributed by atoms with Gasteiger partial charge in [0.15, 0.2) is 17.6 Å². The number of anilines is 1. The van der Waals surface area contributed by atoms with Crippen LogP contribution in [0.15, 0.2) is 54.6 Å². The van der Waals surface area contributed by atoms with Gasteiger partial charge in [-0.1, -0.05) is 30.3 Å². The number of likely N-dealkylation sites (N-methyl/N-ethyl adjacent to an activating group) is 1. The first-order valence-electron chi connectivity index (χ1n) is 10.3. The molecule has 0 radical (unpaired) electrons. The molecule has 0 aliphatic carbocycles. The van der Waals surface area contributed by atoms with E-state index < -0.39 is 0 Å². The third-order valence-corrected chi connectivity index (χ3v) is 5.50. The SMILES string of the molecule is CN(CC1COc2ccccc2O1)C(=O)C1CCCN(C(=O)Nc2ccccc2)C1. The van der Waals surface area contributed by atoms with Gasteiger partial charge in [0.2, 0.25) is 5.91 Å². The number of amides is 3. The second-order valence-electron chi connectivity index (χ2n) is 7.80. The van der Waals surface area contributed by atoms with Crippen molar-refractivity contribution in [3.63, 3.8) is 0 Å². The second kappa shape index (κ2) is 9.07. The summed E-state index contributed by atoms with van der Waals surface area (Å²) in [5, 5.41) is 2.90. The van der Waals surface area contributed by atoms with Crippen molar-refractivity contribution in [1.29, 1.82) is 0 Å². The molecule has 0 bridgehead atoms. The van der Waals surface area contributed by atoms with E-state index >= 15 is 0 Å². The summed E-state index contributed by atoms with van der Waals surface area (Å²) in [5.41, 5.74) is 0.753. The maximum absolute atomic E-state index is 13.0. The first kappa shape index (κ1) is 20.1. The number of para-hydroxylation sites is 3. The van der Waals surface area contributed by atoms with E-state index in [2.05, 4.69) is 5.32 Å². The zero-order valence-corrected chi connectivity index (χ0v) is 17.1. The van der Waals surface area contributed by atoms with Gasteiger partial charge in [-0.15, -0.1) is 0 Å². The first-order chi connectivity index (χ1) is 14.6. The molecule has 2 aliphatic rings. The molecule has 0 saturated carbocycles. The van der Waals surface area contributed by atoms with Crippen LogP contribution < -0.4 is 14.8 Å². The molecule has 1 saturated heterocycles. The van der Waals surface area contributed by atoms with Gasteiger partial charge >= 0.3 is 6.03 Å². The lowest BCUT2D eigenvalue weighted by Crippen LogP contribution is -2.49. The number of likely N-dealkylation sites (tertiary alicyclic amines) is 1. The van der Waals surface area contributed by atoms with Crippen molar-refractivity contribution < 1.29 is 19.1 Å². The molecule has 30 heavy (non-hydrogen) atoms. The van der Waals surface area contributed by atoms with Crippen LogP contribution in [-0.2, 0) is 4.79 Å². The van der Waals surface area contributed by atoms with Gasteiger partial charge in [0.1, 0.15) is 6.61 Å². The maximum atomic E-state index is 13.0. The van der Waals surface area contributed by atoms with Crippen molar-refractivity contribution in [1.82, 2.24) is 9.80 Å². The molecule has 2 aromatic carbocycles. The minimum absolute atomic E-state index is 0.0367. The number of rotatable bonds is 4. The smallest absolute Gasteiger partial charge is 0.321 e. The standard InChI is InChI=1S/C23H27N3O4/c1-25(15-19-16-29-20-11-5-6-12-21(20)30-19)22(27)17-8-7-13-26(14-17)23(28)24-18-9-3-2-4-10-18/h2-6,9-12,17,19H,7-8,13-16H2,1H3,(H,24,28). The molecule has 3 amide bonds. The van der Waals surface area contributed by atoms with Gasteiger partial charge in [-0.25, -0.2) is 4.79 Å². The lowest BCUT2D eigenvalue weighted by Gasteiger charge is -2.35. The van der Waals surface area contributed by atoms with Gasteiger partial charge in [0, 0.05) is 25.8 Å². The molecule has 4 rings (SSSR count). The lowest BCUT2D eigenvalue weighted by atomic mass is 9.96. The number of benzene rings is 2. The molecule has 2 atom stereocenters. The summed E-state index contributed by atoms with van der Waals surface area (Å²) in [6, 6.07) is 16.7. The third kappa shape index (κ3) is 4.67. The summed E-state index contributed by atoms with van der Waals surface area (Å²) >= 11 is 0. The predicted molar refractivity (Wildman–Crippen MR) is 114 cm³/mol. The fraction of sp³-hybridized carbons (Fsp3) is 0.391. The van der Waals surface area contributed by atoms with Gasteiger partial charge in [-0.05, 0) is 37.1 Å². The monoisotopic (exact) mass is 409 g/mol. The van der Waals surface area contributed by atoms with Crippen molar-refractivity contribution in [2.45, 2.75) is 18.9 Å². The molecule has 2 heterocycles. The summed E-state index contributed by atoms with van der Waals surface area (Å²) in [5.74, 6) is 1.27. The number of fused-ring (bicyclic) bond motifs is 1. The van der Waals surface area contributed by atoms with Crippen LogP contribution in [0.3, 0.4) is 0 Å². The topological polar surface area (TPSA) is 71.1 Å². The Labute approximate surface area is 176 Å². The van der Waals surface area contributed by atoms with Crippen LogP contribution in [0.2, 0.25) is 0 Å². The number of nitrogens with one attached hydrogen (secondary N) is 1. The fourth-order valence-electron chi connectivity index (χ4n) is 3.95. The van der Waals surface area contributed by atoms with E-state index in [1.165, 1.54) is 0 Å². The van der Waals surface area contributed by atoms with Crippen LogP contribution in [0, 0.1) is 5.92 Å².